The van der Waals surface area contributed by atoms with Gasteiger partial charge in [0.2, 0.25) is 5.56 Å². The fourth-order valence-electron chi connectivity index (χ4n) is 2.43. The fourth-order valence-corrected chi connectivity index (χ4v) is 2.43. The molecule has 0 bridgehead atoms. The van der Waals surface area contributed by atoms with Gasteiger partial charge >= 0.3 is 0 Å². The number of aromatic amines is 1. The van der Waals surface area contributed by atoms with Crippen LogP contribution in [0.1, 0.15) is 61.0 Å². The highest BCUT2D eigenvalue weighted by molar-refractivity contribution is 6.05. The van der Waals surface area contributed by atoms with Gasteiger partial charge < -0.3 is 10.3 Å². The summed E-state index contributed by atoms with van der Waals surface area (Å²) in [6, 6.07) is 8.99. The minimum atomic E-state index is -0.220. The molecule has 0 aliphatic rings. The number of aromatic nitrogens is 1. The topological polar surface area (TPSA) is 62.0 Å². The summed E-state index contributed by atoms with van der Waals surface area (Å²) in [6.07, 6.45) is 1.44. The van der Waals surface area contributed by atoms with Crippen LogP contribution in [0.3, 0.4) is 0 Å². The molecule has 1 heterocycles. The first kappa shape index (κ1) is 16.0. The maximum absolute atomic E-state index is 12.4. The van der Waals surface area contributed by atoms with Gasteiger partial charge in [-0.3, -0.25) is 9.59 Å². The number of pyridine rings is 1. The zero-order chi connectivity index (χ0) is 16.3. The largest absolute Gasteiger partial charge is 0.328 e. The van der Waals surface area contributed by atoms with E-state index in [1.54, 1.807) is 0 Å². The van der Waals surface area contributed by atoms with E-state index in [4.69, 9.17) is 0 Å². The Morgan fingerprint density at radius 1 is 1.00 bits per heavy atom. The van der Waals surface area contributed by atoms with Gasteiger partial charge in [0, 0.05) is 18.0 Å². The van der Waals surface area contributed by atoms with Crippen molar-refractivity contribution in [3.63, 3.8) is 0 Å². The highest BCUT2D eigenvalue weighted by Crippen LogP contribution is 2.32. The van der Waals surface area contributed by atoms with Crippen molar-refractivity contribution in [2.24, 2.45) is 0 Å². The third-order valence-corrected chi connectivity index (χ3v) is 3.66. The number of para-hydroxylation sites is 1. The second kappa shape index (κ2) is 6.60. The van der Waals surface area contributed by atoms with Gasteiger partial charge in [-0.25, -0.2) is 0 Å². The molecule has 1 amide bonds. The third kappa shape index (κ3) is 3.45. The molecular weight excluding hydrogens is 276 g/mol. The number of H-pyrrole nitrogens is 1. The van der Waals surface area contributed by atoms with Crippen LogP contribution in [0.4, 0.5) is 5.69 Å². The molecule has 4 nitrogen and oxygen atoms in total. The Morgan fingerprint density at radius 3 is 2.05 bits per heavy atom. The molecule has 2 rings (SSSR count). The minimum absolute atomic E-state index is 0.216. The molecule has 0 unspecified atom stereocenters. The molecule has 0 saturated carbocycles. The molecular formula is C18H22N2O2. The van der Waals surface area contributed by atoms with Gasteiger partial charge in [-0.05, 0) is 29.0 Å². The van der Waals surface area contributed by atoms with E-state index < -0.39 is 0 Å². The summed E-state index contributed by atoms with van der Waals surface area (Å²) in [5.74, 6) is 0.403. The van der Waals surface area contributed by atoms with Gasteiger partial charge in [-0.2, -0.15) is 0 Å². The number of carbonyl (C=O) groups excluding carboxylic acids is 1. The van der Waals surface area contributed by atoms with Gasteiger partial charge in [0.25, 0.3) is 5.91 Å². The lowest BCUT2D eigenvalue weighted by atomic mass is 9.92. The van der Waals surface area contributed by atoms with Crippen LogP contribution < -0.4 is 10.9 Å². The van der Waals surface area contributed by atoms with Crippen molar-refractivity contribution in [3.8, 4) is 0 Å². The molecule has 0 aliphatic heterocycles. The zero-order valence-electron chi connectivity index (χ0n) is 13.4. The predicted molar refractivity (Wildman–Crippen MR) is 89.6 cm³/mol. The number of benzene rings is 1. The Kier molecular flexibility index (Phi) is 4.81. The van der Waals surface area contributed by atoms with Crippen molar-refractivity contribution in [2.45, 2.75) is 39.5 Å². The predicted octanol–water partition coefficient (Wildman–Crippen LogP) is 3.87. The molecule has 0 spiro atoms. The SMILES string of the molecule is CC(C)c1cccc(C(C)C)c1NC(=O)c1ccc(=O)[nH]c1. The Hall–Kier alpha value is -2.36. The molecule has 116 valence electrons. The van der Waals surface area contributed by atoms with E-state index in [-0.39, 0.29) is 11.5 Å². The van der Waals surface area contributed by atoms with E-state index in [9.17, 15) is 9.59 Å². The Bertz CT molecular complexity index is 683. The Balaban J connectivity index is 2.41. The van der Waals surface area contributed by atoms with Crippen LogP contribution in [0.2, 0.25) is 0 Å². The van der Waals surface area contributed by atoms with Crippen LogP contribution in [-0.2, 0) is 0 Å². The first-order valence-corrected chi connectivity index (χ1v) is 7.53. The first-order valence-electron chi connectivity index (χ1n) is 7.53. The van der Waals surface area contributed by atoms with Gasteiger partial charge in [0.1, 0.15) is 0 Å². The van der Waals surface area contributed by atoms with Gasteiger partial charge in [0.05, 0.1) is 5.56 Å². The summed E-state index contributed by atoms with van der Waals surface area (Å²) >= 11 is 0. The second-order valence-electron chi connectivity index (χ2n) is 6.02. The lowest BCUT2D eigenvalue weighted by Gasteiger charge is -2.20. The maximum atomic E-state index is 12.4. The lowest BCUT2D eigenvalue weighted by Crippen LogP contribution is -2.17. The standard InChI is InChI=1S/C18H22N2O2/c1-11(2)14-6-5-7-15(12(3)4)17(14)20-18(22)13-8-9-16(21)19-10-13/h5-12H,1-4H3,(H,19,21)(H,20,22). The van der Waals surface area contributed by atoms with Crippen molar-refractivity contribution in [3.05, 3.63) is 63.6 Å². The molecule has 1 aromatic heterocycles. The average Bonchev–Trinajstić information content (AvgIpc) is 2.47. The molecule has 1 aromatic carbocycles. The molecule has 2 N–H and O–H groups in total. The average molecular weight is 298 g/mol. The van der Waals surface area contributed by atoms with E-state index in [1.165, 1.54) is 18.3 Å². The van der Waals surface area contributed by atoms with Crippen LogP contribution in [0.15, 0.2) is 41.3 Å². The number of anilines is 1. The molecule has 22 heavy (non-hydrogen) atoms. The summed E-state index contributed by atoms with van der Waals surface area (Å²) in [5.41, 5.74) is 3.33. The number of hydrogen-bond acceptors (Lipinski definition) is 2. The summed E-state index contributed by atoms with van der Waals surface area (Å²) in [6.45, 7) is 8.42. The molecule has 0 atom stereocenters. The Labute approximate surface area is 130 Å². The lowest BCUT2D eigenvalue weighted by molar-refractivity contribution is 0.102. The van der Waals surface area contributed by atoms with E-state index in [0.29, 0.717) is 17.4 Å². The number of carbonyl (C=O) groups is 1. The monoisotopic (exact) mass is 298 g/mol. The van der Waals surface area contributed by atoms with E-state index in [1.807, 2.05) is 18.2 Å². The van der Waals surface area contributed by atoms with Gasteiger partial charge in [-0.15, -0.1) is 0 Å². The van der Waals surface area contributed by atoms with E-state index >= 15 is 0 Å². The highest BCUT2D eigenvalue weighted by Gasteiger charge is 2.16. The van der Waals surface area contributed by atoms with Crippen LogP contribution in [-0.4, -0.2) is 10.9 Å². The molecule has 0 aliphatic carbocycles. The fraction of sp³-hybridized carbons (Fsp3) is 0.333. The summed E-state index contributed by atoms with van der Waals surface area (Å²) in [7, 11) is 0. The summed E-state index contributed by atoms with van der Waals surface area (Å²) < 4.78 is 0. The second-order valence-corrected chi connectivity index (χ2v) is 6.02. The zero-order valence-corrected chi connectivity index (χ0v) is 13.4. The van der Waals surface area contributed by atoms with Crippen LogP contribution in [0, 0.1) is 0 Å². The molecule has 0 fully saturated rings. The summed E-state index contributed by atoms with van der Waals surface area (Å²) in [4.78, 5) is 26.1. The molecule has 0 saturated heterocycles. The maximum Gasteiger partial charge on any atom is 0.257 e. The number of hydrogen-bond donors (Lipinski definition) is 2. The van der Waals surface area contributed by atoms with Crippen molar-refractivity contribution in [2.75, 3.05) is 5.32 Å². The number of rotatable bonds is 4. The molecule has 2 aromatic rings. The first-order chi connectivity index (χ1) is 10.4. The Morgan fingerprint density at radius 2 is 1.59 bits per heavy atom. The van der Waals surface area contributed by atoms with Crippen LogP contribution in [0.5, 0.6) is 0 Å². The van der Waals surface area contributed by atoms with Gasteiger partial charge in [-0.1, -0.05) is 45.9 Å². The quantitative estimate of drug-likeness (QED) is 0.900. The van der Waals surface area contributed by atoms with Crippen molar-refractivity contribution in [1.82, 2.24) is 4.98 Å². The van der Waals surface area contributed by atoms with Crippen LogP contribution in [0.25, 0.3) is 0 Å². The van der Waals surface area contributed by atoms with E-state index in [2.05, 4.69) is 38.0 Å². The van der Waals surface area contributed by atoms with Crippen molar-refractivity contribution < 1.29 is 4.79 Å². The van der Waals surface area contributed by atoms with Crippen molar-refractivity contribution in [1.29, 1.82) is 0 Å². The highest BCUT2D eigenvalue weighted by atomic mass is 16.1. The normalized spacial score (nSPS) is 11.0. The molecule has 0 radical (unpaired) electrons. The smallest absolute Gasteiger partial charge is 0.257 e. The minimum Gasteiger partial charge on any atom is -0.328 e. The van der Waals surface area contributed by atoms with Gasteiger partial charge in [0.15, 0.2) is 0 Å². The molecule has 4 heteroatoms. The number of amides is 1. The third-order valence-electron chi connectivity index (χ3n) is 3.66. The van der Waals surface area contributed by atoms with E-state index in [0.717, 1.165) is 16.8 Å². The summed E-state index contributed by atoms with van der Waals surface area (Å²) in [5, 5.41) is 3.02. The number of nitrogens with one attached hydrogen (secondary N) is 2. The van der Waals surface area contributed by atoms with Crippen LogP contribution >= 0.6 is 0 Å². The van der Waals surface area contributed by atoms with Crippen molar-refractivity contribution >= 4 is 11.6 Å².